The summed E-state index contributed by atoms with van der Waals surface area (Å²) >= 11 is 0. The van der Waals surface area contributed by atoms with Crippen molar-refractivity contribution >= 4 is 0 Å². The topological polar surface area (TPSA) is 0 Å². The zero-order valence-corrected chi connectivity index (χ0v) is 18.1. The van der Waals surface area contributed by atoms with Gasteiger partial charge in [-0.15, -0.1) is 0 Å². The molecular weight excluding hydrogens is 300 g/mol. The molecule has 1 atom stereocenters. The second-order valence-corrected chi connectivity index (χ2v) is 8.55. The largest absolute Gasteiger partial charge is 0.0654 e. The van der Waals surface area contributed by atoms with Crippen molar-refractivity contribution in [3.05, 3.63) is 6.92 Å². The van der Waals surface area contributed by atoms with Crippen LogP contribution in [0, 0.1) is 12.8 Å². The van der Waals surface area contributed by atoms with E-state index in [9.17, 15) is 0 Å². The molecule has 1 unspecified atom stereocenters. The van der Waals surface area contributed by atoms with E-state index in [-0.39, 0.29) is 0 Å². The fraction of sp³-hybridized carbons (Fsp3) is 0.960. The Morgan fingerprint density at radius 2 is 0.800 bits per heavy atom. The van der Waals surface area contributed by atoms with Crippen LogP contribution in [0.5, 0.6) is 0 Å². The summed E-state index contributed by atoms with van der Waals surface area (Å²) in [5, 5.41) is 0. The maximum Gasteiger partial charge on any atom is -0.0443 e. The first-order valence-corrected chi connectivity index (χ1v) is 12.1. The minimum Gasteiger partial charge on any atom is -0.0654 e. The lowest BCUT2D eigenvalue weighted by atomic mass is 9.96. The lowest BCUT2D eigenvalue weighted by Gasteiger charge is -2.10. The molecule has 0 bridgehead atoms. The van der Waals surface area contributed by atoms with Crippen LogP contribution in [0.4, 0.5) is 0 Å². The lowest BCUT2D eigenvalue weighted by molar-refractivity contribution is 0.434. The maximum atomic E-state index is 3.92. The molecule has 0 rings (SSSR count). The molecule has 0 nitrogen and oxygen atoms in total. The normalized spacial score (nSPS) is 12.6. The van der Waals surface area contributed by atoms with Crippen LogP contribution in [0.1, 0.15) is 149 Å². The van der Waals surface area contributed by atoms with E-state index in [0.29, 0.717) is 0 Å². The average Bonchev–Trinajstić information content (AvgIpc) is 2.62. The average molecular weight is 352 g/mol. The van der Waals surface area contributed by atoms with Crippen molar-refractivity contribution in [2.75, 3.05) is 0 Å². The summed E-state index contributed by atoms with van der Waals surface area (Å²) in [5.41, 5.74) is 0. The maximum absolute atomic E-state index is 3.92. The van der Waals surface area contributed by atoms with Crippen LogP contribution in [0.15, 0.2) is 0 Å². The third-order valence-corrected chi connectivity index (χ3v) is 5.75. The molecule has 0 fully saturated rings. The summed E-state index contributed by atoms with van der Waals surface area (Å²) in [4.78, 5) is 0. The highest BCUT2D eigenvalue weighted by molar-refractivity contribution is 4.56. The Bertz CT molecular complexity index is 220. The quantitative estimate of drug-likeness (QED) is 0.180. The molecule has 0 aromatic heterocycles. The van der Waals surface area contributed by atoms with Gasteiger partial charge in [0, 0.05) is 0 Å². The summed E-state index contributed by atoms with van der Waals surface area (Å²) in [6.07, 6.45) is 30.2. The van der Waals surface area contributed by atoms with Gasteiger partial charge in [0.25, 0.3) is 0 Å². The van der Waals surface area contributed by atoms with Crippen molar-refractivity contribution in [1.82, 2.24) is 0 Å². The number of rotatable bonds is 21. The van der Waals surface area contributed by atoms with E-state index in [1.54, 1.807) is 0 Å². The van der Waals surface area contributed by atoms with Crippen molar-refractivity contribution in [2.24, 2.45) is 5.92 Å². The number of unbranched alkanes of at least 4 members (excludes halogenated alkanes) is 17. The monoisotopic (exact) mass is 351 g/mol. The predicted octanol–water partition coefficient (Wildman–Crippen LogP) is 9.67. The van der Waals surface area contributed by atoms with Crippen molar-refractivity contribution in [2.45, 2.75) is 149 Å². The third-order valence-electron chi connectivity index (χ3n) is 5.75. The van der Waals surface area contributed by atoms with Crippen molar-refractivity contribution in [3.63, 3.8) is 0 Å². The van der Waals surface area contributed by atoms with Gasteiger partial charge < -0.3 is 0 Å². The molecule has 151 valence electrons. The van der Waals surface area contributed by atoms with Crippen LogP contribution in [-0.4, -0.2) is 0 Å². The SMILES string of the molecule is [CH2]CCCCCC(C)CCCCCCCCCCCCCCCCC. The molecular formula is C25H51. The standard InChI is InChI=1S/C25H51/c1-4-6-8-10-11-12-13-14-15-16-17-18-19-20-22-24-25(3)23-21-9-7-5-2/h25H,2,4-24H2,1,3H3. The Kier molecular flexibility index (Phi) is 22.0. The second-order valence-electron chi connectivity index (χ2n) is 8.55. The van der Waals surface area contributed by atoms with Gasteiger partial charge in [0.1, 0.15) is 0 Å². The van der Waals surface area contributed by atoms with Gasteiger partial charge in [-0.25, -0.2) is 0 Å². The molecule has 0 heteroatoms. The molecule has 0 N–H and O–H groups in total. The van der Waals surface area contributed by atoms with Gasteiger partial charge in [-0.2, -0.15) is 0 Å². The highest BCUT2D eigenvalue weighted by atomic mass is 14.1. The molecule has 0 heterocycles. The van der Waals surface area contributed by atoms with Crippen molar-refractivity contribution in [3.8, 4) is 0 Å². The van der Waals surface area contributed by atoms with Crippen LogP contribution in [0.3, 0.4) is 0 Å². The molecule has 0 aromatic rings. The molecule has 25 heavy (non-hydrogen) atoms. The molecule has 0 aliphatic carbocycles. The Labute approximate surface area is 161 Å². The summed E-state index contributed by atoms with van der Waals surface area (Å²) < 4.78 is 0. The van der Waals surface area contributed by atoms with Gasteiger partial charge in [-0.05, 0) is 5.92 Å². The third kappa shape index (κ3) is 22.0. The zero-order chi connectivity index (χ0) is 18.4. The molecule has 0 aliphatic heterocycles. The van der Waals surface area contributed by atoms with E-state index in [1.165, 1.54) is 128 Å². The fourth-order valence-corrected chi connectivity index (χ4v) is 3.85. The van der Waals surface area contributed by atoms with Gasteiger partial charge >= 0.3 is 0 Å². The van der Waals surface area contributed by atoms with Crippen LogP contribution in [-0.2, 0) is 0 Å². The van der Waals surface area contributed by atoms with Gasteiger partial charge in [0.05, 0.1) is 0 Å². The van der Waals surface area contributed by atoms with Crippen LogP contribution >= 0.6 is 0 Å². The van der Waals surface area contributed by atoms with Gasteiger partial charge in [-0.3, -0.25) is 0 Å². The van der Waals surface area contributed by atoms with E-state index >= 15 is 0 Å². The molecule has 0 aliphatic rings. The molecule has 0 aromatic carbocycles. The Morgan fingerprint density at radius 3 is 1.16 bits per heavy atom. The highest BCUT2D eigenvalue weighted by Crippen LogP contribution is 2.18. The van der Waals surface area contributed by atoms with E-state index in [2.05, 4.69) is 20.8 Å². The first-order chi connectivity index (χ1) is 12.3. The van der Waals surface area contributed by atoms with Gasteiger partial charge in [-0.1, -0.05) is 156 Å². The summed E-state index contributed by atoms with van der Waals surface area (Å²) in [6.45, 7) is 8.68. The predicted molar refractivity (Wildman–Crippen MR) is 117 cm³/mol. The first-order valence-electron chi connectivity index (χ1n) is 12.1. The van der Waals surface area contributed by atoms with Crippen molar-refractivity contribution in [1.29, 1.82) is 0 Å². The van der Waals surface area contributed by atoms with Crippen LogP contribution in [0.25, 0.3) is 0 Å². The second kappa shape index (κ2) is 22.0. The number of hydrogen-bond acceptors (Lipinski definition) is 0. The van der Waals surface area contributed by atoms with E-state index < -0.39 is 0 Å². The Balaban J connectivity index is 3.06. The molecule has 1 radical (unpaired) electrons. The Morgan fingerprint density at radius 1 is 0.480 bits per heavy atom. The summed E-state index contributed by atoms with van der Waals surface area (Å²) in [6, 6.07) is 0. The minimum absolute atomic E-state index is 0.951. The minimum atomic E-state index is 0.951. The molecule has 0 saturated heterocycles. The van der Waals surface area contributed by atoms with E-state index in [1.807, 2.05) is 0 Å². The van der Waals surface area contributed by atoms with Crippen LogP contribution < -0.4 is 0 Å². The molecule has 0 spiro atoms. The molecule has 0 saturated carbocycles. The lowest BCUT2D eigenvalue weighted by Crippen LogP contribution is -1.95. The van der Waals surface area contributed by atoms with Crippen molar-refractivity contribution < 1.29 is 0 Å². The molecule has 0 amide bonds. The van der Waals surface area contributed by atoms with Gasteiger partial charge in [0.15, 0.2) is 0 Å². The fourth-order valence-electron chi connectivity index (χ4n) is 3.85. The Hall–Kier alpha value is 0. The highest BCUT2D eigenvalue weighted by Gasteiger charge is 2.01. The van der Waals surface area contributed by atoms with E-state index in [4.69, 9.17) is 0 Å². The van der Waals surface area contributed by atoms with Gasteiger partial charge in [0.2, 0.25) is 0 Å². The number of hydrogen-bond donors (Lipinski definition) is 0. The summed E-state index contributed by atoms with van der Waals surface area (Å²) in [5.74, 6) is 0.951. The smallest absolute Gasteiger partial charge is 0.0443 e. The van der Waals surface area contributed by atoms with E-state index in [0.717, 1.165) is 12.3 Å². The summed E-state index contributed by atoms with van der Waals surface area (Å²) in [7, 11) is 0. The first kappa shape index (κ1) is 25.0. The van der Waals surface area contributed by atoms with Crippen LogP contribution in [0.2, 0.25) is 0 Å². The zero-order valence-electron chi connectivity index (χ0n) is 18.1.